The lowest BCUT2D eigenvalue weighted by Gasteiger charge is -2.25. The molecule has 1 aliphatic heterocycles. The van der Waals surface area contributed by atoms with Crippen LogP contribution in [0.5, 0.6) is 5.75 Å². The van der Waals surface area contributed by atoms with Crippen LogP contribution < -0.4 is 4.74 Å². The van der Waals surface area contributed by atoms with Gasteiger partial charge in [0.15, 0.2) is 0 Å². The number of rotatable bonds is 5. The van der Waals surface area contributed by atoms with Crippen molar-refractivity contribution in [3.05, 3.63) is 101 Å². The van der Waals surface area contributed by atoms with Gasteiger partial charge in [0.1, 0.15) is 17.3 Å². The molecular formula is C24H19FN2O4. The van der Waals surface area contributed by atoms with Crippen LogP contribution in [0.15, 0.2) is 78.6 Å². The number of Topliss-reactive ketones (excluding diaryl/α,β-unsaturated/α-hetero) is 1. The van der Waals surface area contributed by atoms with Crippen LogP contribution in [0, 0.1) is 5.82 Å². The monoisotopic (exact) mass is 418 g/mol. The van der Waals surface area contributed by atoms with Crippen LogP contribution in [-0.2, 0) is 16.1 Å². The maximum absolute atomic E-state index is 13.3. The largest absolute Gasteiger partial charge is 0.507 e. The third-order valence-electron chi connectivity index (χ3n) is 5.14. The summed E-state index contributed by atoms with van der Waals surface area (Å²) in [5, 5.41) is 11.0. The number of hydrogen-bond acceptors (Lipinski definition) is 5. The first-order valence-corrected chi connectivity index (χ1v) is 9.57. The Hall–Kier alpha value is -4.00. The summed E-state index contributed by atoms with van der Waals surface area (Å²) in [4.78, 5) is 31.4. The zero-order chi connectivity index (χ0) is 22.0. The number of carbonyl (C=O) groups excluding carboxylic acids is 2. The molecule has 1 atom stereocenters. The van der Waals surface area contributed by atoms with Crippen molar-refractivity contribution in [2.24, 2.45) is 0 Å². The van der Waals surface area contributed by atoms with Gasteiger partial charge in [0.05, 0.1) is 18.7 Å². The molecule has 1 amide bonds. The Morgan fingerprint density at radius 2 is 1.90 bits per heavy atom. The fraction of sp³-hybridized carbons (Fsp3) is 0.125. The molecule has 2 aromatic carbocycles. The molecule has 1 aromatic heterocycles. The van der Waals surface area contributed by atoms with Crippen molar-refractivity contribution in [1.29, 1.82) is 0 Å². The molecule has 7 heteroatoms. The molecule has 2 heterocycles. The van der Waals surface area contributed by atoms with Crippen molar-refractivity contribution >= 4 is 17.4 Å². The van der Waals surface area contributed by atoms with Crippen molar-refractivity contribution in [2.45, 2.75) is 12.6 Å². The Morgan fingerprint density at radius 1 is 1.13 bits per heavy atom. The highest BCUT2D eigenvalue weighted by atomic mass is 19.1. The summed E-state index contributed by atoms with van der Waals surface area (Å²) in [6, 6.07) is 14.7. The SMILES string of the molecule is COc1cccc(C2/C(=C(\O)c3ccc(F)cc3)C(=O)C(=O)N2Cc2cccnc2)c1. The van der Waals surface area contributed by atoms with Crippen molar-refractivity contribution in [3.63, 3.8) is 0 Å². The second-order valence-electron chi connectivity index (χ2n) is 7.07. The van der Waals surface area contributed by atoms with Gasteiger partial charge in [-0.05, 0) is 53.6 Å². The number of aromatic nitrogens is 1. The summed E-state index contributed by atoms with van der Waals surface area (Å²) in [5.41, 5.74) is 1.52. The third kappa shape index (κ3) is 3.90. The number of aliphatic hydroxyl groups is 1. The van der Waals surface area contributed by atoms with E-state index < -0.39 is 23.5 Å². The average Bonchev–Trinajstić information content (AvgIpc) is 3.05. The summed E-state index contributed by atoms with van der Waals surface area (Å²) >= 11 is 0. The zero-order valence-electron chi connectivity index (χ0n) is 16.7. The highest BCUT2D eigenvalue weighted by Gasteiger charge is 2.46. The number of halogens is 1. The molecule has 1 unspecified atom stereocenters. The summed E-state index contributed by atoms with van der Waals surface area (Å²) in [7, 11) is 1.52. The van der Waals surface area contributed by atoms with E-state index in [-0.39, 0.29) is 23.4 Å². The van der Waals surface area contributed by atoms with Gasteiger partial charge >= 0.3 is 0 Å². The third-order valence-corrected chi connectivity index (χ3v) is 5.14. The van der Waals surface area contributed by atoms with Crippen LogP contribution >= 0.6 is 0 Å². The number of pyridine rings is 1. The van der Waals surface area contributed by atoms with Crippen LogP contribution in [-0.4, -0.2) is 33.8 Å². The molecule has 3 aromatic rings. The average molecular weight is 418 g/mol. The first kappa shape index (κ1) is 20.3. The second-order valence-corrected chi connectivity index (χ2v) is 7.07. The minimum Gasteiger partial charge on any atom is -0.507 e. The molecule has 156 valence electrons. The van der Waals surface area contributed by atoms with Gasteiger partial charge in [0, 0.05) is 24.5 Å². The van der Waals surface area contributed by atoms with Gasteiger partial charge in [-0.15, -0.1) is 0 Å². The molecule has 4 rings (SSSR count). The van der Waals surface area contributed by atoms with Gasteiger partial charge in [-0.25, -0.2) is 4.39 Å². The van der Waals surface area contributed by atoms with Gasteiger partial charge < -0.3 is 14.7 Å². The van der Waals surface area contributed by atoms with Crippen molar-refractivity contribution < 1.29 is 23.8 Å². The van der Waals surface area contributed by atoms with Crippen molar-refractivity contribution in [1.82, 2.24) is 9.88 Å². The van der Waals surface area contributed by atoms with Crippen LogP contribution in [0.4, 0.5) is 4.39 Å². The number of benzene rings is 2. The number of hydrogen-bond donors (Lipinski definition) is 1. The Morgan fingerprint density at radius 3 is 2.58 bits per heavy atom. The van der Waals surface area contributed by atoms with Gasteiger partial charge in [-0.3, -0.25) is 14.6 Å². The molecule has 0 aliphatic carbocycles. The minimum atomic E-state index is -0.847. The topological polar surface area (TPSA) is 79.7 Å². The first-order valence-electron chi connectivity index (χ1n) is 9.57. The molecule has 0 saturated carbocycles. The molecule has 1 fully saturated rings. The van der Waals surface area contributed by atoms with Crippen LogP contribution in [0.2, 0.25) is 0 Å². The Bertz CT molecular complexity index is 1160. The zero-order valence-corrected chi connectivity index (χ0v) is 16.7. The summed E-state index contributed by atoms with van der Waals surface area (Å²) in [6.45, 7) is 0.125. The molecule has 1 aliphatic rings. The molecular weight excluding hydrogens is 399 g/mol. The smallest absolute Gasteiger partial charge is 0.295 e. The Balaban J connectivity index is 1.87. The number of nitrogens with zero attached hydrogens (tertiary/aromatic N) is 2. The maximum atomic E-state index is 13.3. The molecule has 31 heavy (non-hydrogen) atoms. The van der Waals surface area contributed by atoms with Crippen LogP contribution in [0.25, 0.3) is 5.76 Å². The van der Waals surface area contributed by atoms with Gasteiger partial charge in [-0.1, -0.05) is 18.2 Å². The highest BCUT2D eigenvalue weighted by Crippen LogP contribution is 2.41. The summed E-state index contributed by atoms with van der Waals surface area (Å²) in [6.07, 6.45) is 3.23. The molecule has 0 radical (unpaired) electrons. The first-order chi connectivity index (χ1) is 15.0. The fourth-order valence-electron chi connectivity index (χ4n) is 3.65. The van der Waals surface area contributed by atoms with Crippen molar-refractivity contribution in [3.8, 4) is 5.75 Å². The summed E-state index contributed by atoms with van der Waals surface area (Å²) in [5.74, 6) is -1.83. The maximum Gasteiger partial charge on any atom is 0.295 e. The minimum absolute atomic E-state index is 0.0613. The number of ketones is 1. The van der Waals surface area contributed by atoms with E-state index in [1.54, 1.807) is 48.8 Å². The molecule has 1 saturated heterocycles. The number of carbonyl (C=O) groups is 2. The number of methoxy groups -OCH3 is 1. The molecule has 0 spiro atoms. The van der Waals surface area contributed by atoms with Crippen molar-refractivity contribution in [2.75, 3.05) is 7.11 Å². The predicted octanol–water partition coefficient (Wildman–Crippen LogP) is 3.85. The van der Waals surface area contributed by atoms with Gasteiger partial charge in [-0.2, -0.15) is 0 Å². The standard InChI is InChI=1S/C24H19FN2O4/c1-31-19-6-2-5-17(12-19)21-20(22(28)16-7-9-18(25)10-8-16)23(29)24(30)27(21)14-15-4-3-11-26-13-15/h2-13,21,28H,14H2,1H3/b22-20+. The van der Waals surface area contributed by atoms with E-state index in [1.165, 1.54) is 36.3 Å². The number of ether oxygens (including phenoxy) is 1. The quantitative estimate of drug-likeness (QED) is 0.387. The second kappa shape index (κ2) is 8.39. The number of likely N-dealkylation sites (tertiary alicyclic amines) is 1. The predicted molar refractivity (Wildman–Crippen MR) is 111 cm³/mol. The van der Waals surface area contributed by atoms with E-state index in [2.05, 4.69) is 4.98 Å². The highest BCUT2D eigenvalue weighted by molar-refractivity contribution is 6.46. The lowest BCUT2D eigenvalue weighted by molar-refractivity contribution is -0.140. The van der Waals surface area contributed by atoms with E-state index >= 15 is 0 Å². The number of aliphatic hydroxyl groups excluding tert-OH is 1. The van der Waals surface area contributed by atoms with Crippen LogP contribution in [0.3, 0.4) is 0 Å². The normalized spacial score (nSPS) is 17.7. The van der Waals surface area contributed by atoms with E-state index in [1.807, 2.05) is 0 Å². The molecule has 1 N–H and O–H groups in total. The lowest BCUT2D eigenvalue weighted by Crippen LogP contribution is -2.29. The molecule has 0 bridgehead atoms. The van der Waals surface area contributed by atoms with E-state index in [4.69, 9.17) is 4.74 Å². The Labute approximate surface area is 178 Å². The number of amides is 1. The van der Waals surface area contributed by atoms with Gasteiger partial charge in [0.2, 0.25) is 0 Å². The lowest BCUT2D eigenvalue weighted by atomic mass is 9.95. The summed E-state index contributed by atoms with van der Waals surface area (Å²) < 4.78 is 18.6. The van der Waals surface area contributed by atoms with E-state index in [9.17, 15) is 19.1 Å². The van der Waals surface area contributed by atoms with E-state index in [0.717, 1.165) is 5.56 Å². The fourth-order valence-corrected chi connectivity index (χ4v) is 3.65. The van der Waals surface area contributed by atoms with E-state index in [0.29, 0.717) is 11.3 Å². The van der Waals surface area contributed by atoms with Gasteiger partial charge in [0.25, 0.3) is 11.7 Å². The van der Waals surface area contributed by atoms with Crippen LogP contribution in [0.1, 0.15) is 22.7 Å². The molecule has 6 nitrogen and oxygen atoms in total. The Kier molecular flexibility index (Phi) is 5.49.